The highest BCUT2D eigenvalue weighted by molar-refractivity contribution is 7.15. The summed E-state index contributed by atoms with van der Waals surface area (Å²) >= 11 is 1.80. The second kappa shape index (κ2) is 4.92. The van der Waals surface area contributed by atoms with Crippen molar-refractivity contribution >= 4 is 16.5 Å². The fourth-order valence-electron chi connectivity index (χ4n) is 1.70. The van der Waals surface area contributed by atoms with Gasteiger partial charge in [0.15, 0.2) is 5.13 Å². The molecule has 0 saturated carbocycles. The molecule has 1 aromatic heterocycles. The molecule has 0 aromatic carbocycles. The fraction of sp³-hybridized carbons (Fsp3) is 0.700. The molecule has 0 amide bonds. The van der Waals surface area contributed by atoms with E-state index in [4.69, 9.17) is 0 Å². The summed E-state index contributed by atoms with van der Waals surface area (Å²) in [5.41, 5.74) is 0. The molecule has 0 unspecified atom stereocenters. The number of likely N-dealkylation sites (N-methyl/N-ethyl adjacent to an activating group) is 1. The molecule has 1 aliphatic heterocycles. The van der Waals surface area contributed by atoms with Crippen LogP contribution in [-0.2, 0) is 6.54 Å². The van der Waals surface area contributed by atoms with Gasteiger partial charge >= 0.3 is 0 Å². The van der Waals surface area contributed by atoms with Crippen molar-refractivity contribution < 1.29 is 0 Å². The van der Waals surface area contributed by atoms with Crippen LogP contribution in [-0.4, -0.2) is 50.2 Å². The number of thiazole rings is 1. The Balaban J connectivity index is 1.96. The molecular formula is C10H18N4S. The normalized spacial score (nSPS) is 18.4. The van der Waals surface area contributed by atoms with Crippen LogP contribution >= 0.6 is 11.3 Å². The number of rotatable bonds is 3. The molecule has 1 aromatic rings. The molecule has 2 rings (SSSR count). The number of anilines is 1. The molecule has 2 heterocycles. The predicted octanol–water partition coefficient (Wildman–Crippen LogP) is 0.614. The highest BCUT2D eigenvalue weighted by atomic mass is 32.1. The lowest BCUT2D eigenvalue weighted by Gasteiger charge is -2.32. The van der Waals surface area contributed by atoms with Crippen LogP contribution in [0.3, 0.4) is 0 Å². The molecular weight excluding hydrogens is 208 g/mol. The summed E-state index contributed by atoms with van der Waals surface area (Å²) in [6.07, 6.45) is 1.98. The van der Waals surface area contributed by atoms with Gasteiger partial charge in [-0.25, -0.2) is 4.98 Å². The van der Waals surface area contributed by atoms with E-state index in [0.717, 1.165) is 32.7 Å². The number of hydrogen-bond donors (Lipinski definition) is 1. The minimum absolute atomic E-state index is 0.922. The van der Waals surface area contributed by atoms with E-state index in [-0.39, 0.29) is 0 Å². The summed E-state index contributed by atoms with van der Waals surface area (Å²) in [7, 11) is 4.14. The second-order valence-corrected chi connectivity index (χ2v) is 5.02. The van der Waals surface area contributed by atoms with Crippen LogP contribution in [0.1, 0.15) is 4.88 Å². The number of piperazine rings is 1. The average Bonchev–Trinajstić information content (AvgIpc) is 2.68. The van der Waals surface area contributed by atoms with Crippen LogP contribution in [0.25, 0.3) is 0 Å². The Morgan fingerprint density at radius 3 is 2.80 bits per heavy atom. The van der Waals surface area contributed by atoms with Crippen molar-refractivity contribution in [3.8, 4) is 0 Å². The molecule has 0 radical (unpaired) electrons. The molecule has 15 heavy (non-hydrogen) atoms. The number of nitrogens with one attached hydrogen (secondary N) is 1. The van der Waals surface area contributed by atoms with Crippen LogP contribution in [0.5, 0.6) is 0 Å². The average molecular weight is 226 g/mol. The van der Waals surface area contributed by atoms with Gasteiger partial charge in [-0.2, -0.15) is 0 Å². The van der Waals surface area contributed by atoms with E-state index >= 15 is 0 Å². The SMILES string of the molecule is CNCc1cnc(N2CCN(C)CC2)s1. The smallest absolute Gasteiger partial charge is 0.185 e. The molecule has 1 fully saturated rings. The minimum atomic E-state index is 0.922. The maximum atomic E-state index is 4.47. The molecule has 0 aliphatic carbocycles. The third-order valence-corrected chi connectivity index (χ3v) is 3.72. The monoisotopic (exact) mass is 226 g/mol. The molecule has 1 aliphatic rings. The Hall–Kier alpha value is -0.650. The molecule has 5 heteroatoms. The molecule has 1 saturated heterocycles. The van der Waals surface area contributed by atoms with E-state index in [0.29, 0.717) is 0 Å². The van der Waals surface area contributed by atoms with Gasteiger partial charge in [-0.1, -0.05) is 0 Å². The quantitative estimate of drug-likeness (QED) is 0.818. The first-order chi connectivity index (χ1) is 7.29. The molecule has 0 spiro atoms. The summed E-state index contributed by atoms with van der Waals surface area (Å²) < 4.78 is 0. The van der Waals surface area contributed by atoms with Crippen molar-refractivity contribution in [2.24, 2.45) is 0 Å². The van der Waals surface area contributed by atoms with Gasteiger partial charge in [0.1, 0.15) is 0 Å². The topological polar surface area (TPSA) is 31.4 Å². The predicted molar refractivity (Wildman–Crippen MR) is 64.6 cm³/mol. The first kappa shape index (κ1) is 10.9. The molecule has 0 bridgehead atoms. The van der Waals surface area contributed by atoms with Gasteiger partial charge in [0, 0.05) is 43.8 Å². The molecule has 0 atom stereocenters. The van der Waals surface area contributed by atoms with Crippen molar-refractivity contribution in [2.75, 3.05) is 45.2 Å². The first-order valence-corrected chi connectivity index (χ1v) is 6.14. The van der Waals surface area contributed by atoms with E-state index in [1.807, 2.05) is 13.2 Å². The van der Waals surface area contributed by atoms with Crippen molar-refractivity contribution in [1.82, 2.24) is 15.2 Å². The zero-order chi connectivity index (χ0) is 10.7. The number of aromatic nitrogens is 1. The van der Waals surface area contributed by atoms with E-state index in [9.17, 15) is 0 Å². The van der Waals surface area contributed by atoms with Crippen LogP contribution in [0, 0.1) is 0 Å². The Bertz CT molecular complexity index is 304. The van der Waals surface area contributed by atoms with Crippen LogP contribution in [0.15, 0.2) is 6.20 Å². The van der Waals surface area contributed by atoms with Crippen molar-refractivity contribution in [3.63, 3.8) is 0 Å². The van der Waals surface area contributed by atoms with Crippen molar-refractivity contribution in [3.05, 3.63) is 11.1 Å². The third-order valence-electron chi connectivity index (χ3n) is 2.67. The van der Waals surface area contributed by atoms with Gasteiger partial charge in [-0.3, -0.25) is 0 Å². The highest BCUT2D eigenvalue weighted by Crippen LogP contribution is 2.23. The van der Waals surface area contributed by atoms with E-state index in [2.05, 4.69) is 27.1 Å². The third kappa shape index (κ3) is 2.68. The van der Waals surface area contributed by atoms with Gasteiger partial charge in [-0.15, -0.1) is 11.3 Å². The largest absolute Gasteiger partial charge is 0.346 e. The maximum absolute atomic E-state index is 4.47. The Kier molecular flexibility index (Phi) is 3.56. The zero-order valence-corrected chi connectivity index (χ0v) is 10.2. The summed E-state index contributed by atoms with van der Waals surface area (Å²) in [5.74, 6) is 0. The van der Waals surface area contributed by atoms with Crippen LogP contribution in [0.2, 0.25) is 0 Å². The Morgan fingerprint density at radius 1 is 1.40 bits per heavy atom. The fourth-order valence-corrected chi connectivity index (χ4v) is 2.67. The number of hydrogen-bond acceptors (Lipinski definition) is 5. The van der Waals surface area contributed by atoms with Crippen LogP contribution < -0.4 is 10.2 Å². The van der Waals surface area contributed by atoms with E-state index in [1.165, 1.54) is 10.0 Å². The summed E-state index contributed by atoms with van der Waals surface area (Å²) in [6, 6.07) is 0. The molecule has 1 N–H and O–H groups in total. The zero-order valence-electron chi connectivity index (χ0n) is 9.36. The van der Waals surface area contributed by atoms with Gasteiger partial charge < -0.3 is 15.1 Å². The van der Waals surface area contributed by atoms with Gasteiger partial charge in [0.05, 0.1) is 0 Å². The minimum Gasteiger partial charge on any atom is -0.346 e. The second-order valence-electron chi connectivity index (χ2n) is 3.93. The number of nitrogens with zero attached hydrogens (tertiary/aromatic N) is 3. The van der Waals surface area contributed by atoms with E-state index < -0.39 is 0 Å². The Morgan fingerprint density at radius 2 is 2.13 bits per heavy atom. The van der Waals surface area contributed by atoms with Gasteiger partial charge in [0.25, 0.3) is 0 Å². The van der Waals surface area contributed by atoms with Crippen molar-refractivity contribution in [1.29, 1.82) is 0 Å². The molecule has 4 nitrogen and oxygen atoms in total. The standard InChI is InChI=1S/C10H18N4S/c1-11-7-9-8-12-10(15-9)14-5-3-13(2)4-6-14/h8,11H,3-7H2,1-2H3. The Labute approximate surface area is 94.9 Å². The lowest BCUT2D eigenvalue weighted by molar-refractivity contribution is 0.313. The summed E-state index contributed by atoms with van der Waals surface area (Å²) in [6.45, 7) is 5.40. The summed E-state index contributed by atoms with van der Waals surface area (Å²) in [4.78, 5) is 10.5. The van der Waals surface area contributed by atoms with Gasteiger partial charge in [0.2, 0.25) is 0 Å². The first-order valence-electron chi connectivity index (χ1n) is 5.32. The van der Waals surface area contributed by atoms with Gasteiger partial charge in [-0.05, 0) is 14.1 Å². The maximum Gasteiger partial charge on any atom is 0.185 e. The highest BCUT2D eigenvalue weighted by Gasteiger charge is 2.16. The lowest BCUT2D eigenvalue weighted by atomic mass is 10.3. The lowest BCUT2D eigenvalue weighted by Crippen LogP contribution is -2.44. The van der Waals surface area contributed by atoms with Crippen LogP contribution in [0.4, 0.5) is 5.13 Å². The summed E-state index contributed by atoms with van der Waals surface area (Å²) in [5, 5.41) is 4.33. The van der Waals surface area contributed by atoms with Crippen molar-refractivity contribution in [2.45, 2.75) is 6.54 Å². The van der Waals surface area contributed by atoms with E-state index in [1.54, 1.807) is 11.3 Å². The molecule has 84 valence electrons.